The molecule has 6 heteroatoms. The molecule has 0 aromatic rings. The number of carbonyl (C=O) groups excluding carboxylic acids is 1. The third-order valence-corrected chi connectivity index (χ3v) is 5.31. The molecule has 2 saturated heterocycles. The van der Waals surface area contributed by atoms with Gasteiger partial charge in [0.25, 0.3) is 0 Å². The quantitative estimate of drug-likeness (QED) is 0.809. The average Bonchev–Trinajstić information content (AvgIpc) is 2.72. The van der Waals surface area contributed by atoms with Crippen LogP contribution < -0.4 is 0 Å². The number of hydrogen-bond acceptors (Lipinski definition) is 3. The summed E-state index contributed by atoms with van der Waals surface area (Å²) in [6.45, 7) is 4.35. The van der Waals surface area contributed by atoms with Crippen molar-refractivity contribution in [3.05, 3.63) is 12.7 Å². The number of hydroxylamine groups is 2. The summed E-state index contributed by atoms with van der Waals surface area (Å²) in [6.07, 6.45) is 7.98. The van der Waals surface area contributed by atoms with Crippen LogP contribution in [0.5, 0.6) is 0 Å². The van der Waals surface area contributed by atoms with Crippen molar-refractivity contribution in [2.24, 2.45) is 11.8 Å². The van der Waals surface area contributed by atoms with Gasteiger partial charge in [0.2, 0.25) is 0 Å². The van der Waals surface area contributed by atoms with Gasteiger partial charge in [-0.15, -0.1) is 6.58 Å². The molecule has 2 bridgehead atoms. The van der Waals surface area contributed by atoms with E-state index < -0.39 is 12.0 Å². The summed E-state index contributed by atoms with van der Waals surface area (Å²) in [4.78, 5) is 31.4. The van der Waals surface area contributed by atoms with Crippen molar-refractivity contribution in [2.45, 2.75) is 50.6 Å². The second-order valence-corrected chi connectivity index (χ2v) is 6.51. The average molecular weight is 308 g/mol. The first kappa shape index (κ1) is 15.3. The Balaban J connectivity index is 1.91. The third kappa shape index (κ3) is 2.49. The van der Waals surface area contributed by atoms with E-state index in [0.717, 1.165) is 32.1 Å². The van der Waals surface area contributed by atoms with E-state index in [1.807, 2.05) is 0 Å². The van der Waals surface area contributed by atoms with Crippen LogP contribution in [0.2, 0.25) is 0 Å². The van der Waals surface area contributed by atoms with Crippen molar-refractivity contribution in [3.8, 4) is 0 Å². The number of hydrogen-bond donors (Lipinski definition) is 1. The Bertz CT molecular complexity index is 467. The molecule has 2 aliphatic heterocycles. The maximum absolute atomic E-state index is 12.6. The number of nitrogens with zero attached hydrogens (tertiary/aromatic N) is 2. The molecule has 4 atom stereocenters. The molecule has 3 unspecified atom stereocenters. The first-order valence-corrected chi connectivity index (χ1v) is 8.21. The van der Waals surface area contributed by atoms with Gasteiger partial charge in [-0.1, -0.05) is 31.8 Å². The van der Waals surface area contributed by atoms with Gasteiger partial charge in [0.05, 0.1) is 12.6 Å². The molecule has 1 aliphatic carbocycles. The van der Waals surface area contributed by atoms with E-state index in [2.05, 4.69) is 6.58 Å². The van der Waals surface area contributed by atoms with Crippen LogP contribution in [0.25, 0.3) is 0 Å². The molecule has 2 amide bonds. The van der Waals surface area contributed by atoms with Gasteiger partial charge in [0.1, 0.15) is 6.04 Å². The Morgan fingerprint density at radius 2 is 1.95 bits per heavy atom. The van der Waals surface area contributed by atoms with Crippen molar-refractivity contribution < 1.29 is 19.5 Å². The lowest BCUT2D eigenvalue weighted by Gasteiger charge is -2.42. The van der Waals surface area contributed by atoms with Gasteiger partial charge in [-0.3, -0.25) is 4.84 Å². The van der Waals surface area contributed by atoms with Crippen LogP contribution in [-0.4, -0.2) is 52.3 Å². The minimum atomic E-state index is -0.882. The van der Waals surface area contributed by atoms with Crippen LogP contribution in [-0.2, 0) is 9.63 Å². The monoisotopic (exact) mass is 308 g/mol. The van der Waals surface area contributed by atoms with Gasteiger partial charge < -0.3 is 10.0 Å². The number of rotatable bonds is 4. The Hall–Kier alpha value is -1.56. The number of carboxylic acid groups (broad SMARTS) is 1. The highest BCUT2D eigenvalue weighted by molar-refractivity contribution is 5.85. The first-order valence-electron chi connectivity index (χ1n) is 8.21. The molecular formula is C16H24N2O4. The van der Waals surface area contributed by atoms with Crippen LogP contribution in [0, 0.1) is 11.8 Å². The smallest absolute Gasteiger partial charge is 0.345 e. The zero-order valence-corrected chi connectivity index (χ0v) is 12.8. The number of piperidine rings is 1. The van der Waals surface area contributed by atoms with Gasteiger partial charge in [0.15, 0.2) is 0 Å². The fraction of sp³-hybridized carbons (Fsp3) is 0.750. The minimum absolute atomic E-state index is 0.0221. The molecule has 22 heavy (non-hydrogen) atoms. The minimum Gasteiger partial charge on any atom is -0.480 e. The van der Waals surface area contributed by atoms with Crippen molar-refractivity contribution >= 4 is 12.0 Å². The molecule has 3 aliphatic rings. The lowest BCUT2D eigenvalue weighted by atomic mass is 9.71. The summed E-state index contributed by atoms with van der Waals surface area (Å²) >= 11 is 0. The van der Waals surface area contributed by atoms with Crippen molar-refractivity contribution in [1.82, 2.24) is 9.96 Å². The number of aliphatic carboxylic acids is 1. The summed E-state index contributed by atoms with van der Waals surface area (Å²) in [6, 6.07) is -1.03. The summed E-state index contributed by atoms with van der Waals surface area (Å²) in [7, 11) is 0. The molecule has 0 aromatic heterocycles. The summed E-state index contributed by atoms with van der Waals surface area (Å²) < 4.78 is 0. The van der Waals surface area contributed by atoms with Crippen LogP contribution in [0.15, 0.2) is 12.7 Å². The molecule has 0 radical (unpaired) electrons. The molecule has 6 nitrogen and oxygen atoms in total. The van der Waals surface area contributed by atoms with Gasteiger partial charge >= 0.3 is 12.0 Å². The summed E-state index contributed by atoms with van der Waals surface area (Å²) in [5.74, 6) is -0.625. The van der Waals surface area contributed by atoms with E-state index in [4.69, 9.17) is 4.84 Å². The second-order valence-electron chi connectivity index (χ2n) is 6.51. The molecular weight excluding hydrogens is 284 g/mol. The van der Waals surface area contributed by atoms with Gasteiger partial charge in [-0.25, -0.2) is 9.59 Å². The predicted molar refractivity (Wildman–Crippen MR) is 80.0 cm³/mol. The highest BCUT2D eigenvalue weighted by Gasteiger charge is 2.56. The van der Waals surface area contributed by atoms with E-state index in [0.29, 0.717) is 6.54 Å². The highest BCUT2D eigenvalue weighted by atomic mass is 16.7. The molecule has 1 N–H and O–H groups in total. The SMILES string of the molecule is C=CCON1C(=O)N2C[C@H]1C1CCCCCCC1C2C(=O)O. The van der Waals surface area contributed by atoms with Crippen molar-refractivity contribution in [1.29, 1.82) is 0 Å². The van der Waals surface area contributed by atoms with Gasteiger partial charge in [-0.2, -0.15) is 5.06 Å². The predicted octanol–water partition coefficient (Wildman–Crippen LogP) is 2.26. The Labute approximate surface area is 130 Å². The van der Waals surface area contributed by atoms with E-state index in [1.165, 1.54) is 16.4 Å². The van der Waals surface area contributed by atoms with Crippen LogP contribution >= 0.6 is 0 Å². The molecule has 122 valence electrons. The number of carbonyl (C=O) groups is 2. The molecule has 0 spiro atoms. The topological polar surface area (TPSA) is 70.1 Å². The van der Waals surface area contributed by atoms with E-state index >= 15 is 0 Å². The fourth-order valence-electron chi connectivity index (χ4n) is 4.41. The highest BCUT2D eigenvalue weighted by Crippen LogP contribution is 2.44. The van der Waals surface area contributed by atoms with Crippen LogP contribution in [0.4, 0.5) is 4.79 Å². The lowest BCUT2D eigenvalue weighted by Crippen LogP contribution is -2.54. The number of carboxylic acids is 1. The number of fused-ring (bicyclic) bond motifs is 4. The number of amides is 2. The Kier molecular flexibility index (Phi) is 4.38. The zero-order chi connectivity index (χ0) is 15.7. The molecule has 1 saturated carbocycles. The lowest BCUT2D eigenvalue weighted by molar-refractivity contribution is -0.150. The Morgan fingerprint density at radius 3 is 2.59 bits per heavy atom. The van der Waals surface area contributed by atoms with Crippen molar-refractivity contribution in [2.75, 3.05) is 13.2 Å². The summed E-state index contributed by atoms with van der Waals surface area (Å²) in [5, 5.41) is 11.1. The number of urea groups is 1. The zero-order valence-electron chi connectivity index (χ0n) is 12.8. The third-order valence-electron chi connectivity index (χ3n) is 5.31. The molecule has 2 heterocycles. The van der Waals surface area contributed by atoms with E-state index in [-0.39, 0.29) is 30.5 Å². The largest absolute Gasteiger partial charge is 0.480 e. The standard InChI is InChI=1S/C16H24N2O4/c1-2-9-22-18-13-10-17(16(18)21)14(15(19)20)12-8-6-4-3-5-7-11(12)13/h2,11-14H,1,3-10H2,(H,19,20)/t11?,12?,13-,14?/m0/s1. The molecule has 3 fully saturated rings. The fourth-order valence-corrected chi connectivity index (χ4v) is 4.41. The van der Waals surface area contributed by atoms with Gasteiger partial charge in [0, 0.05) is 6.54 Å². The molecule has 0 aromatic carbocycles. The molecule has 3 rings (SSSR count). The van der Waals surface area contributed by atoms with Crippen molar-refractivity contribution in [3.63, 3.8) is 0 Å². The van der Waals surface area contributed by atoms with Gasteiger partial charge in [-0.05, 0) is 24.7 Å². The summed E-state index contributed by atoms with van der Waals surface area (Å²) in [5.41, 5.74) is 0. The van der Waals surface area contributed by atoms with Crippen LogP contribution in [0.3, 0.4) is 0 Å². The normalized spacial score (nSPS) is 34.8. The van der Waals surface area contributed by atoms with Crippen LogP contribution in [0.1, 0.15) is 38.5 Å². The van der Waals surface area contributed by atoms with E-state index in [9.17, 15) is 14.7 Å². The second kappa shape index (κ2) is 6.28. The Morgan fingerprint density at radius 1 is 1.27 bits per heavy atom. The van der Waals surface area contributed by atoms with E-state index in [1.54, 1.807) is 6.08 Å². The maximum Gasteiger partial charge on any atom is 0.345 e. The first-order chi connectivity index (χ1) is 10.6. The maximum atomic E-state index is 12.6.